The summed E-state index contributed by atoms with van der Waals surface area (Å²) in [5, 5.41) is 5.87. The van der Waals surface area contributed by atoms with Gasteiger partial charge in [-0.25, -0.2) is 4.98 Å². The number of nitrogens with one attached hydrogen (secondary N) is 2. The number of amides is 2. The lowest BCUT2D eigenvalue weighted by Crippen LogP contribution is -2.35. The molecular formula is C22H15Br2N3O2. The largest absolute Gasteiger partial charge is 0.322 e. The molecule has 1 atom stereocenters. The van der Waals surface area contributed by atoms with Crippen LogP contribution >= 0.6 is 31.9 Å². The van der Waals surface area contributed by atoms with Gasteiger partial charge in [-0.1, -0.05) is 44.0 Å². The van der Waals surface area contributed by atoms with E-state index in [1.54, 1.807) is 18.3 Å². The van der Waals surface area contributed by atoms with E-state index in [2.05, 4.69) is 47.5 Å². The molecule has 2 aromatic carbocycles. The molecule has 2 heterocycles. The van der Waals surface area contributed by atoms with Gasteiger partial charge in [0.15, 0.2) is 0 Å². The minimum Gasteiger partial charge on any atom is -0.322 e. The number of carbonyl (C=O) groups excluding carboxylic acids is 2. The number of nitrogens with zero attached hydrogens (tertiary/aromatic N) is 1. The third-order valence-corrected chi connectivity index (χ3v) is 6.48. The summed E-state index contributed by atoms with van der Waals surface area (Å²) in [5.74, 6) is 0.457. The molecule has 0 saturated carbocycles. The van der Waals surface area contributed by atoms with Gasteiger partial charge in [0.1, 0.15) is 5.82 Å². The summed E-state index contributed by atoms with van der Waals surface area (Å²) >= 11 is 6.81. The molecule has 1 spiro atoms. The standard InChI is InChI=1S/C22H15Br2N3O2/c23-15-6-13(7-16(24)9-15)20(28)26-17-4-3-12-10-22(11-14(12)8-17)18-2-1-5-25-19(18)27-21(22)29/h1-9H,10-11H2,(H,26,28)(H,25,27,29). The van der Waals surface area contributed by atoms with Gasteiger partial charge in [0.2, 0.25) is 5.91 Å². The highest BCUT2D eigenvalue weighted by Gasteiger charge is 2.51. The molecule has 5 rings (SSSR count). The molecule has 0 radical (unpaired) electrons. The Hall–Kier alpha value is -2.51. The maximum Gasteiger partial charge on any atom is 0.255 e. The lowest BCUT2D eigenvalue weighted by molar-refractivity contribution is -0.120. The fourth-order valence-corrected chi connectivity index (χ4v) is 5.53. The zero-order valence-corrected chi connectivity index (χ0v) is 18.3. The first-order chi connectivity index (χ1) is 13.9. The molecular weight excluding hydrogens is 498 g/mol. The van der Waals surface area contributed by atoms with Gasteiger partial charge in [-0.05, 0) is 60.4 Å². The summed E-state index contributed by atoms with van der Waals surface area (Å²) in [6, 6.07) is 15.1. The van der Waals surface area contributed by atoms with Crippen molar-refractivity contribution in [2.24, 2.45) is 0 Å². The summed E-state index contributed by atoms with van der Waals surface area (Å²) in [7, 11) is 0. The van der Waals surface area contributed by atoms with Crippen LogP contribution in [0.2, 0.25) is 0 Å². The van der Waals surface area contributed by atoms with E-state index in [-0.39, 0.29) is 11.8 Å². The molecule has 3 aromatic rings. The maximum absolute atomic E-state index is 12.8. The number of benzene rings is 2. The van der Waals surface area contributed by atoms with Gasteiger partial charge >= 0.3 is 0 Å². The van der Waals surface area contributed by atoms with Crippen LogP contribution in [0.25, 0.3) is 0 Å². The molecule has 144 valence electrons. The van der Waals surface area contributed by atoms with Gasteiger partial charge in [-0.2, -0.15) is 0 Å². The molecule has 1 aliphatic carbocycles. The quantitative estimate of drug-likeness (QED) is 0.515. The second-order valence-electron chi connectivity index (χ2n) is 7.39. The number of hydrogen-bond donors (Lipinski definition) is 2. The van der Waals surface area contributed by atoms with Gasteiger partial charge in [-0.3, -0.25) is 9.59 Å². The molecule has 2 N–H and O–H groups in total. The van der Waals surface area contributed by atoms with Crippen LogP contribution in [-0.4, -0.2) is 16.8 Å². The van der Waals surface area contributed by atoms with Gasteiger partial charge in [-0.15, -0.1) is 0 Å². The number of fused-ring (bicyclic) bond motifs is 3. The monoisotopic (exact) mass is 511 g/mol. The van der Waals surface area contributed by atoms with Gasteiger partial charge in [0.05, 0.1) is 5.41 Å². The van der Waals surface area contributed by atoms with Crippen LogP contribution in [0.3, 0.4) is 0 Å². The summed E-state index contributed by atoms with van der Waals surface area (Å²) in [6.07, 6.45) is 2.92. The lowest BCUT2D eigenvalue weighted by Gasteiger charge is -2.20. The third kappa shape index (κ3) is 3.09. The first-order valence-corrected chi connectivity index (χ1v) is 10.7. The second-order valence-corrected chi connectivity index (χ2v) is 9.22. The van der Waals surface area contributed by atoms with Crippen molar-refractivity contribution in [1.82, 2.24) is 4.98 Å². The number of anilines is 2. The Morgan fingerprint density at radius 1 is 1.03 bits per heavy atom. The van der Waals surface area contributed by atoms with E-state index in [4.69, 9.17) is 0 Å². The smallest absolute Gasteiger partial charge is 0.255 e. The van der Waals surface area contributed by atoms with Gasteiger partial charge in [0.25, 0.3) is 5.91 Å². The molecule has 0 bridgehead atoms. The number of carbonyl (C=O) groups is 2. The van der Waals surface area contributed by atoms with Crippen molar-refractivity contribution in [2.45, 2.75) is 18.3 Å². The number of pyridine rings is 1. The third-order valence-electron chi connectivity index (χ3n) is 5.56. The summed E-state index contributed by atoms with van der Waals surface area (Å²) < 4.78 is 1.65. The summed E-state index contributed by atoms with van der Waals surface area (Å²) in [6.45, 7) is 0. The molecule has 5 nitrogen and oxygen atoms in total. The van der Waals surface area contributed by atoms with Crippen molar-refractivity contribution < 1.29 is 9.59 Å². The Kier molecular flexibility index (Phi) is 4.33. The van der Waals surface area contributed by atoms with Crippen LogP contribution in [0.4, 0.5) is 11.5 Å². The van der Waals surface area contributed by atoms with E-state index in [1.807, 2.05) is 36.4 Å². The minimum absolute atomic E-state index is 0.00743. The van der Waals surface area contributed by atoms with Crippen LogP contribution < -0.4 is 10.6 Å². The second kappa shape index (κ2) is 6.78. The average Bonchev–Trinajstić information content (AvgIpc) is 3.19. The van der Waals surface area contributed by atoms with Crippen molar-refractivity contribution in [3.63, 3.8) is 0 Å². The predicted octanol–water partition coefficient (Wildman–Crippen LogP) is 4.85. The summed E-state index contributed by atoms with van der Waals surface area (Å²) in [5.41, 5.74) is 3.81. The fraction of sp³-hybridized carbons (Fsp3) is 0.136. The van der Waals surface area contributed by atoms with Gasteiger partial charge < -0.3 is 10.6 Å². The Morgan fingerprint density at radius 3 is 2.59 bits per heavy atom. The fourth-order valence-electron chi connectivity index (χ4n) is 4.23. The van der Waals surface area contributed by atoms with E-state index in [0.717, 1.165) is 25.6 Å². The molecule has 0 saturated heterocycles. The zero-order chi connectivity index (χ0) is 20.2. The molecule has 1 unspecified atom stereocenters. The van der Waals surface area contributed by atoms with E-state index in [1.165, 1.54) is 0 Å². The Morgan fingerprint density at radius 2 is 1.79 bits per heavy atom. The normalized spacial score (nSPS) is 19.0. The topological polar surface area (TPSA) is 71.1 Å². The predicted molar refractivity (Wildman–Crippen MR) is 118 cm³/mol. The average molecular weight is 513 g/mol. The van der Waals surface area contributed by atoms with Gasteiger partial charge in [0, 0.05) is 32.0 Å². The van der Waals surface area contributed by atoms with Crippen LogP contribution in [0.5, 0.6) is 0 Å². The van der Waals surface area contributed by atoms with Crippen molar-refractivity contribution >= 4 is 55.2 Å². The molecule has 0 fully saturated rings. The summed E-state index contributed by atoms with van der Waals surface area (Å²) in [4.78, 5) is 29.8. The minimum atomic E-state index is -0.607. The Labute approximate surface area is 184 Å². The first kappa shape index (κ1) is 18.5. The lowest BCUT2D eigenvalue weighted by atomic mass is 9.79. The van der Waals surface area contributed by atoms with Crippen molar-refractivity contribution in [2.75, 3.05) is 10.6 Å². The Bertz CT molecular complexity index is 1170. The highest BCUT2D eigenvalue weighted by Crippen LogP contribution is 2.46. The first-order valence-electron chi connectivity index (χ1n) is 9.11. The van der Waals surface area contributed by atoms with Crippen molar-refractivity contribution in [1.29, 1.82) is 0 Å². The maximum atomic E-state index is 12.8. The highest BCUT2D eigenvalue weighted by molar-refractivity contribution is 9.11. The zero-order valence-electron chi connectivity index (χ0n) is 15.1. The SMILES string of the molecule is O=C(Nc1ccc2c(c1)CC1(C2)C(=O)Nc2ncccc21)c1cc(Br)cc(Br)c1. The van der Waals surface area contributed by atoms with Crippen LogP contribution in [0, 0.1) is 0 Å². The molecule has 29 heavy (non-hydrogen) atoms. The van der Waals surface area contributed by atoms with Crippen molar-refractivity contribution in [3.8, 4) is 0 Å². The molecule has 2 amide bonds. The van der Waals surface area contributed by atoms with Crippen LogP contribution in [0.1, 0.15) is 27.0 Å². The molecule has 1 aromatic heterocycles. The number of hydrogen-bond acceptors (Lipinski definition) is 3. The van der Waals surface area contributed by atoms with Crippen LogP contribution in [0.15, 0.2) is 63.7 Å². The molecule has 1 aliphatic heterocycles. The van der Waals surface area contributed by atoms with E-state index >= 15 is 0 Å². The molecule has 7 heteroatoms. The number of aromatic nitrogens is 1. The van der Waals surface area contributed by atoms with E-state index in [9.17, 15) is 9.59 Å². The van der Waals surface area contributed by atoms with Crippen molar-refractivity contribution in [3.05, 3.63) is 85.9 Å². The number of rotatable bonds is 2. The van der Waals surface area contributed by atoms with Crippen LogP contribution in [-0.2, 0) is 23.1 Å². The Balaban J connectivity index is 1.43. The van der Waals surface area contributed by atoms with E-state index in [0.29, 0.717) is 29.9 Å². The highest BCUT2D eigenvalue weighted by atomic mass is 79.9. The number of halogens is 2. The molecule has 2 aliphatic rings. The van der Waals surface area contributed by atoms with E-state index < -0.39 is 5.41 Å².